The summed E-state index contributed by atoms with van der Waals surface area (Å²) >= 11 is 0. The van der Waals surface area contributed by atoms with Crippen molar-refractivity contribution in [3.05, 3.63) is 96.6 Å². The molecule has 0 unspecified atom stereocenters. The molecule has 0 saturated carbocycles. The van der Waals surface area contributed by atoms with Crippen molar-refractivity contribution >= 4 is 0 Å². The van der Waals surface area contributed by atoms with E-state index >= 15 is 0 Å². The molecule has 0 aliphatic rings. The van der Waals surface area contributed by atoms with Crippen molar-refractivity contribution in [2.45, 2.75) is 13.1 Å². The molecular weight excluding hydrogens is 284 g/mol. The molecule has 2 aromatic rings. The average molecular weight is 308 g/mol. The first-order valence-corrected chi connectivity index (χ1v) is 7.76. The smallest absolute Gasteiger partial charge is 0.0840 e. The Bertz CT molecular complexity index is 525. The van der Waals surface area contributed by atoms with Crippen LogP contribution < -0.4 is 21.3 Å². The van der Waals surface area contributed by atoms with Crippen LogP contribution in [0.3, 0.4) is 0 Å². The molecule has 4 N–H and O–H groups in total. The number of nitrogens with one attached hydrogen (secondary N) is 4. The topological polar surface area (TPSA) is 48.1 Å². The van der Waals surface area contributed by atoms with Gasteiger partial charge in [0.25, 0.3) is 0 Å². The molecule has 0 saturated heterocycles. The zero-order chi connectivity index (χ0) is 16.0. The normalized spacial score (nSPS) is 10.8. The maximum Gasteiger partial charge on any atom is 0.0840 e. The first-order valence-electron chi connectivity index (χ1n) is 7.76. The number of hydrogen-bond donors (Lipinski definition) is 4. The summed E-state index contributed by atoms with van der Waals surface area (Å²) in [4.78, 5) is 0. The molecule has 0 aliphatic carbocycles. The largest absolute Gasteiger partial charge is 0.386 e. The second-order valence-electron chi connectivity index (χ2n) is 4.98. The van der Waals surface area contributed by atoms with Gasteiger partial charge in [0.2, 0.25) is 0 Å². The molecule has 0 radical (unpaired) electrons. The van der Waals surface area contributed by atoms with Crippen LogP contribution in [0.15, 0.2) is 85.5 Å². The molecule has 0 amide bonds. The number of hydrogen-bond acceptors (Lipinski definition) is 4. The molecule has 4 heteroatoms. The Balaban J connectivity index is 1.46. The summed E-state index contributed by atoms with van der Waals surface area (Å²) in [5.41, 5.74) is 2.53. The van der Waals surface area contributed by atoms with Crippen LogP contribution in [0, 0.1) is 0 Å². The molecular formula is C19H24N4. The molecule has 0 aliphatic heterocycles. The van der Waals surface area contributed by atoms with Crippen molar-refractivity contribution in [1.82, 2.24) is 21.3 Å². The SMILES string of the molecule is C(=C/NCc1ccccc1)/NCN/C=C\NCc1ccccc1. The maximum atomic E-state index is 3.23. The lowest BCUT2D eigenvalue weighted by atomic mass is 10.2. The van der Waals surface area contributed by atoms with Gasteiger partial charge in [-0.2, -0.15) is 0 Å². The van der Waals surface area contributed by atoms with Crippen LogP contribution in [0.25, 0.3) is 0 Å². The highest BCUT2D eigenvalue weighted by Crippen LogP contribution is 1.97. The minimum absolute atomic E-state index is 0.674. The third kappa shape index (κ3) is 7.62. The molecule has 0 spiro atoms. The first kappa shape index (κ1) is 16.5. The van der Waals surface area contributed by atoms with E-state index in [0.717, 1.165) is 13.1 Å². The van der Waals surface area contributed by atoms with Crippen molar-refractivity contribution in [1.29, 1.82) is 0 Å². The fraction of sp³-hybridized carbons (Fsp3) is 0.158. The van der Waals surface area contributed by atoms with Crippen molar-refractivity contribution < 1.29 is 0 Å². The van der Waals surface area contributed by atoms with E-state index in [2.05, 4.69) is 45.5 Å². The van der Waals surface area contributed by atoms with E-state index in [0.29, 0.717) is 6.67 Å². The number of rotatable bonds is 10. The fourth-order valence-electron chi connectivity index (χ4n) is 1.96. The maximum absolute atomic E-state index is 3.23. The molecule has 0 atom stereocenters. The Morgan fingerprint density at radius 3 is 1.35 bits per heavy atom. The summed E-state index contributed by atoms with van der Waals surface area (Å²) in [6.45, 7) is 2.33. The molecule has 0 fully saturated rings. The van der Waals surface area contributed by atoms with E-state index < -0.39 is 0 Å². The van der Waals surface area contributed by atoms with Crippen molar-refractivity contribution in [3.63, 3.8) is 0 Å². The van der Waals surface area contributed by atoms with Gasteiger partial charge in [0.15, 0.2) is 0 Å². The Morgan fingerprint density at radius 1 is 0.522 bits per heavy atom. The average Bonchev–Trinajstić information content (AvgIpc) is 2.61. The second-order valence-corrected chi connectivity index (χ2v) is 4.98. The number of benzene rings is 2. The Morgan fingerprint density at radius 2 is 0.913 bits per heavy atom. The predicted molar refractivity (Wildman–Crippen MR) is 96.0 cm³/mol. The predicted octanol–water partition coefficient (Wildman–Crippen LogP) is 2.65. The van der Waals surface area contributed by atoms with Crippen LogP contribution in [0.5, 0.6) is 0 Å². The van der Waals surface area contributed by atoms with Crippen LogP contribution in [-0.4, -0.2) is 6.67 Å². The van der Waals surface area contributed by atoms with Gasteiger partial charge in [0.05, 0.1) is 6.67 Å². The van der Waals surface area contributed by atoms with Gasteiger partial charge in [-0.3, -0.25) is 0 Å². The lowest BCUT2D eigenvalue weighted by Crippen LogP contribution is -2.21. The van der Waals surface area contributed by atoms with Gasteiger partial charge < -0.3 is 21.3 Å². The van der Waals surface area contributed by atoms with Gasteiger partial charge >= 0.3 is 0 Å². The molecule has 120 valence electrons. The lowest BCUT2D eigenvalue weighted by molar-refractivity contribution is 0.750. The summed E-state index contributed by atoms with van der Waals surface area (Å²) in [6.07, 6.45) is 7.60. The van der Waals surface area contributed by atoms with Crippen molar-refractivity contribution in [2.75, 3.05) is 6.67 Å². The summed E-state index contributed by atoms with van der Waals surface area (Å²) in [5.74, 6) is 0. The highest BCUT2D eigenvalue weighted by atomic mass is 15.0. The third-order valence-electron chi connectivity index (χ3n) is 3.14. The van der Waals surface area contributed by atoms with Gasteiger partial charge in [0, 0.05) is 37.9 Å². The molecule has 0 aromatic heterocycles. The van der Waals surface area contributed by atoms with Crippen LogP contribution >= 0.6 is 0 Å². The van der Waals surface area contributed by atoms with Gasteiger partial charge in [-0.05, 0) is 11.1 Å². The zero-order valence-electron chi connectivity index (χ0n) is 13.2. The van der Waals surface area contributed by atoms with E-state index in [4.69, 9.17) is 0 Å². The van der Waals surface area contributed by atoms with Crippen LogP contribution in [-0.2, 0) is 13.1 Å². The molecule has 0 heterocycles. The summed E-state index contributed by atoms with van der Waals surface area (Å²) in [7, 11) is 0. The van der Waals surface area contributed by atoms with Gasteiger partial charge in [-0.25, -0.2) is 0 Å². The molecule has 4 nitrogen and oxygen atoms in total. The molecule has 2 rings (SSSR count). The van der Waals surface area contributed by atoms with E-state index in [1.54, 1.807) is 0 Å². The van der Waals surface area contributed by atoms with Gasteiger partial charge in [0.1, 0.15) is 0 Å². The summed E-state index contributed by atoms with van der Waals surface area (Å²) < 4.78 is 0. The highest BCUT2D eigenvalue weighted by molar-refractivity contribution is 5.15. The summed E-state index contributed by atoms with van der Waals surface area (Å²) in [6, 6.07) is 20.6. The lowest BCUT2D eigenvalue weighted by Gasteiger charge is -2.03. The standard InChI is InChI=1S/C19H24N4/c1-3-7-18(8-4-1)15-20-11-13-22-17-23-14-12-21-16-19-9-5-2-6-10-19/h1-14,20-23H,15-17H2/b13-11-,14-12-. The third-order valence-corrected chi connectivity index (χ3v) is 3.14. The fourth-order valence-corrected chi connectivity index (χ4v) is 1.96. The van der Waals surface area contributed by atoms with Crippen LogP contribution in [0.4, 0.5) is 0 Å². The summed E-state index contributed by atoms with van der Waals surface area (Å²) in [5, 5.41) is 12.8. The Labute approximate surface area is 138 Å². The Hall–Kier alpha value is -2.88. The molecule has 23 heavy (non-hydrogen) atoms. The van der Waals surface area contributed by atoms with E-state index in [9.17, 15) is 0 Å². The first-order chi connectivity index (χ1) is 11.4. The monoisotopic (exact) mass is 308 g/mol. The zero-order valence-corrected chi connectivity index (χ0v) is 13.2. The van der Waals surface area contributed by atoms with Crippen molar-refractivity contribution in [3.8, 4) is 0 Å². The van der Waals surface area contributed by atoms with E-state index in [1.165, 1.54) is 11.1 Å². The molecule has 2 aromatic carbocycles. The van der Waals surface area contributed by atoms with Crippen LogP contribution in [0.1, 0.15) is 11.1 Å². The highest BCUT2D eigenvalue weighted by Gasteiger charge is 1.86. The minimum atomic E-state index is 0.674. The van der Waals surface area contributed by atoms with Gasteiger partial charge in [-0.1, -0.05) is 60.7 Å². The Kier molecular flexibility index (Phi) is 7.74. The van der Waals surface area contributed by atoms with Crippen molar-refractivity contribution in [2.24, 2.45) is 0 Å². The van der Waals surface area contributed by atoms with Crippen LogP contribution in [0.2, 0.25) is 0 Å². The second kappa shape index (κ2) is 10.8. The molecule has 0 bridgehead atoms. The minimum Gasteiger partial charge on any atom is -0.386 e. The van der Waals surface area contributed by atoms with Gasteiger partial charge in [-0.15, -0.1) is 0 Å². The quantitative estimate of drug-likeness (QED) is 0.403. The van der Waals surface area contributed by atoms with E-state index in [1.807, 2.05) is 61.2 Å². The van der Waals surface area contributed by atoms with E-state index in [-0.39, 0.29) is 0 Å².